The van der Waals surface area contributed by atoms with Gasteiger partial charge < -0.3 is 15.2 Å². The summed E-state index contributed by atoms with van der Waals surface area (Å²) in [5.41, 5.74) is 5.09. The molecule has 0 radical (unpaired) electrons. The minimum absolute atomic E-state index is 0.0221. The molecular weight excluding hydrogens is 437 g/mol. The van der Waals surface area contributed by atoms with Crippen LogP contribution in [-0.2, 0) is 4.74 Å². The summed E-state index contributed by atoms with van der Waals surface area (Å²) in [6.07, 6.45) is -1.57. The van der Waals surface area contributed by atoms with Crippen LogP contribution in [0, 0.1) is 5.82 Å². The molecule has 1 aliphatic rings. The van der Waals surface area contributed by atoms with Gasteiger partial charge in [-0.2, -0.15) is 0 Å². The molecule has 3 aromatic rings. The molecule has 0 spiro atoms. The topological polar surface area (TPSA) is 58.6 Å². The molecule has 0 unspecified atom stereocenters. The predicted octanol–water partition coefficient (Wildman–Crippen LogP) is 5.16. The molecule has 3 aromatic carbocycles. The van der Waals surface area contributed by atoms with Crippen LogP contribution in [0.2, 0.25) is 0 Å². The molecule has 0 aliphatic heterocycles. The van der Waals surface area contributed by atoms with Crippen LogP contribution in [0.4, 0.5) is 9.18 Å². The summed E-state index contributed by atoms with van der Waals surface area (Å²) in [5, 5.41) is 12.8. The number of amides is 1. The zero-order valence-electron chi connectivity index (χ0n) is 15.4. The molecule has 1 atom stereocenters. The van der Waals surface area contributed by atoms with E-state index < -0.39 is 18.0 Å². The Kier molecular flexibility index (Phi) is 5.65. The molecule has 1 aliphatic carbocycles. The lowest BCUT2D eigenvalue weighted by molar-refractivity contribution is 0.128. The second-order valence-corrected chi connectivity index (χ2v) is 7.75. The molecule has 0 saturated carbocycles. The van der Waals surface area contributed by atoms with Crippen molar-refractivity contribution in [3.63, 3.8) is 0 Å². The molecule has 0 saturated heterocycles. The maximum Gasteiger partial charge on any atom is 0.407 e. The highest BCUT2D eigenvalue weighted by Gasteiger charge is 2.29. The Morgan fingerprint density at radius 1 is 1.07 bits per heavy atom. The third-order valence-corrected chi connectivity index (χ3v) is 5.72. The number of benzene rings is 3. The number of halogens is 2. The predicted molar refractivity (Wildman–Crippen MR) is 112 cm³/mol. The van der Waals surface area contributed by atoms with Gasteiger partial charge >= 0.3 is 6.09 Å². The van der Waals surface area contributed by atoms with Crippen LogP contribution in [0.5, 0.6) is 0 Å². The Bertz CT molecular complexity index is 1010. The van der Waals surface area contributed by atoms with Crippen molar-refractivity contribution in [3.8, 4) is 11.1 Å². The first-order valence-electron chi connectivity index (χ1n) is 9.26. The quantitative estimate of drug-likeness (QED) is 0.558. The highest BCUT2D eigenvalue weighted by atomic mass is 79.9. The van der Waals surface area contributed by atoms with Gasteiger partial charge in [-0.25, -0.2) is 9.18 Å². The molecule has 0 fully saturated rings. The van der Waals surface area contributed by atoms with Crippen molar-refractivity contribution in [2.75, 3.05) is 13.2 Å². The lowest BCUT2D eigenvalue weighted by Crippen LogP contribution is -2.30. The minimum Gasteiger partial charge on any atom is -0.449 e. The molecule has 6 heteroatoms. The van der Waals surface area contributed by atoms with Crippen molar-refractivity contribution >= 4 is 22.0 Å². The first-order valence-corrected chi connectivity index (χ1v) is 10.1. The first kappa shape index (κ1) is 19.6. The number of hydrogen-bond donors (Lipinski definition) is 2. The zero-order chi connectivity index (χ0) is 20.4. The fraction of sp³-hybridized carbons (Fsp3) is 0.174. The van der Waals surface area contributed by atoms with E-state index in [0.717, 1.165) is 22.3 Å². The summed E-state index contributed by atoms with van der Waals surface area (Å²) < 4.78 is 19.0. The summed E-state index contributed by atoms with van der Waals surface area (Å²) in [5.74, 6) is -0.434. The van der Waals surface area contributed by atoms with Gasteiger partial charge in [-0.15, -0.1) is 0 Å². The number of nitrogens with one attached hydrogen (secondary N) is 1. The number of alkyl carbamates (subject to hydrolysis) is 1. The number of aliphatic hydroxyl groups is 1. The van der Waals surface area contributed by atoms with Crippen LogP contribution in [-0.4, -0.2) is 24.4 Å². The standard InChI is InChI=1S/C23H19BrFNO3/c24-20-11-14(9-10-21(20)25)22(27)12-26-23(28)29-13-19-17-7-3-1-5-15(17)16-6-2-4-8-18(16)19/h1-11,19,22,27H,12-13H2,(H,26,28)/t22-/m1/s1. The van der Waals surface area contributed by atoms with Gasteiger partial charge in [0.1, 0.15) is 12.4 Å². The first-order chi connectivity index (χ1) is 14.0. The fourth-order valence-corrected chi connectivity index (χ4v) is 4.06. The summed E-state index contributed by atoms with van der Waals surface area (Å²) in [6.45, 7) is 0.173. The maximum atomic E-state index is 13.3. The van der Waals surface area contributed by atoms with Crippen molar-refractivity contribution in [2.45, 2.75) is 12.0 Å². The van der Waals surface area contributed by atoms with E-state index in [9.17, 15) is 14.3 Å². The molecule has 0 aromatic heterocycles. The number of fused-ring (bicyclic) bond motifs is 3. The van der Waals surface area contributed by atoms with Gasteiger partial charge in [0, 0.05) is 5.92 Å². The normalized spacial score (nSPS) is 13.5. The van der Waals surface area contributed by atoms with Gasteiger partial charge in [0.15, 0.2) is 0 Å². The van der Waals surface area contributed by atoms with Crippen molar-refractivity contribution in [3.05, 3.63) is 93.7 Å². The van der Waals surface area contributed by atoms with E-state index in [1.807, 2.05) is 24.3 Å². The highest BCUT2D eigenvalue weighted by molar-refractivity contribution is 9.10. The molecule has 1 amide bonds. The van der Waals surface area contributed by atoms with E-state index in [0.29, 0.717) is 5.56 Å². The van der Waals surface area contributed by atoms with Crippen LogP contribution in [0.25, 0.3) is 11.1 Å². The van der Waals surface area contributed by atoms with Crippen LogP contribution < -0.4 is 5.32 Å². The molecule has 0 bridgehead atoms. The minimum atomic E-state index is -0.965. The van der Waals surface area contributed by atoms with Crippen LogP contribution in [0.15, 0.2) is 71.2 Å². The average Bonchev–Trinajstić information content (AvgIpc) is 3.06. The third-order valence-electron chi connectivity index (χ3n) is 5.11. The van der Waals surface area contributed by atoms with E-state index in [1.54, 1.807) is 0 Å². The van der Waals surface area contributed by atoms with Crippen LogP contribution >= 0.6 is 15.9 Å². The van der Waals surface area contributed by atoms with Gasteiger partial charge in [0.25, 0.3) is 0 Å². The Labute approximate surface area is 176 Å². The van der Waals surface area contributed by atoms with Crippen molar-refractivity contribution in [2.24, 2.45) is 0 Å². The SMILES string of the molecule is O=C(NC[C@@H](O)c1ccc(F)c(Br)c1)OCC1c2ccccc2-c2ccccc21. The second kappa shape index (κ2) is 8.35. The van der Waals surface area contributed by atoms with E-state index in [-0.39, 0.29) is 23.5 Å². The summed E-state index contributed by atoms with van der Waals surface area (Å²) in [6, 6.07) is 20.4. The number of rotatable bonds is 5. The van der Waals surface area contributed by atoms with Crippen molar-refractivity contribution in [1.82, 2.24) is 5.32 Å². The molecule has 4 nitrogen and oxygen atoms in total. The number of ether oxygens (including phenoxy) is 1. The molecule has 2 N–H and O–H groups in total. The van der Waals surface area contributed by atoms with Crippen LogP contribution in [0.1, 0.15) is 28.7 Å². The molecule has 4 rings (SSSR count). The van der Waals surface area contributed by atoms with Gasteiger partial charge in [0.05, 0.1) is 17.1 Å². The smallest absolute Gasteiger partial charge is 0.407 e. The van der Waals surface area contributed by atoms with Gasteiger partial charge in [-0.05, 0) is 55.9 Å². The Hall–Kier alpha value is -2.70. The van der Waals surface area contributed by atoms with Gasteiger partial charge in [-0.1, -0.05) is 54.6 Å². The number of hydrogen-bond acceptors (Lipinski definition) is 3. The highest BCUT2D eigenvalue weighted by Crippen LogP contribution is 2.44. The summed E-state index contributed by atoms with van der Waals surface area (Å²) >= 11 is 3.09. The average molecular weight is 456 g/mol. The van der Waals surface area contributed by atoms with Crippen molar-refractivity contribution in [1.29, 1.82) is 0 Å². The number of carbonyl (C=O) groups excluding carboxylic acids is 1. The summed E-state index contributed by atoms with van der Waals surface area (Å²) in [4.78, 5) is 12.2. The van der Waals surface area contributed by atoms with Gasteiger partial charge in [-0.3, -0.25) is 0 Å². The number of carbonyl (C=O) groups is 1. The lowest BCUT2D eigenvalue weighted by Gasteiger charge is -2.16. The van der Waals surface area contributed by atoms with Gasteiger partial charge in [0.2, 0.25) is 0 Å². The van der Waals surface area contributed by atoms with Crippen molar-refractivity contribution < 1.29 is 19.0 Å². The lowest BCUT2D eigenvalue weighted by atomic mass is 9.98. The fourth-order valence-electron chi connectivity index (χ4n) is 3.67. The Balaban J connectivity index is 1.37. The Morgan fingerprint density at radius 2 is 1.69 bits per heavy atom. The second-order valence-electron chi connectivity index (χ2n) is 6.90. The molecule has 0 heterocycles. The van der Waals surface area contributed by atoms with E-state index in [1.165, 1.54) is 18.2 Å². The largest absolute Gasteiger partial charge is 0.449 e. The maximum absolute atomic E-state index is 13.3. The van der Waals surface area contributed by atoms with E-state index in [2.05, 4.69) is 45.5 Å². The van der Waals surface area contributed by atoms with E-state index >= 15 is 0 Å². The molecular formula is C23H19BrFNO3. The van der Waals surface area contributed by atoms with E-state index in [4.69, 9.17) is 4.74 Å². The monoisotopic (exact) mass is 455 g/mol. The Morgan fingerprint density at radius 3 is 2.31 bits per heavy atom. The third kappa shape index (κ3) is 4.04. The molecule has 29 heavy (non-hydrogen) atoms. The zero-order valence-corrected chi connectivity index (χ0v) is 17.0. The number of aliphatic hydroxyl groups excluding tert-OH is 1. The van der Waals surface area contributed by atoms with Crippen LogP contribution in [0.3, 0.4) is 0 Å². The summed E-state index contributed by atoms with van der Waals surface area (Å²) in [7, 11) is 0. The molecule has 148 valence electrons.